The second kappa shape index (κ2) is 7.90. The molecule has 6 heteroatoms. The van der Waals surface area contributed by atoms with E-state index in [1.807, 2.05) is 36.9 Å². The Bertz CT molecular complexity index is 836. The van der Waals surface area contributed by atoms with Gasteiger partial charge in [-0.3, -0.25) is 9.69 Å². The maximum atomic E-state index is 13.1. The third-order valence-corrected chi connectivity index (χ3v) is 7.27. The van der Waals surface area contributed by atoms with E-state index in [1.54, 1.807) is 0 Å². The fraction of sp³-hybridized carbons (Fsp3) is 0.524. The molecular weight excluding hydrogens is 378 g/mol. The van der Waals surface area contributed by atoms with Crippen LogP contribution in [-0.2, 0) is 0 Å². The Balaban J connectivity index is 1.47. The number of nitrogens with zero attached hydrogens (tertiary/aromatic N) is 3. The fourth-order valence-electron chi connectivity index (χ4n) is 4.28. The average Bonchev–Trinajstić information content (AvgIpc) is 3.31. The number of carbonyl (C=O) groups excluding carboxylic acids is 1. The standard InChI is InChI=1S/C21H26ClN3OS/c1-14-13-16(22)7-8-18(14)20-23-15(2)19(27-20)21(26)25-11-9-24(10-12-25)17-5-3-4-6-17/h7-8,13,17H,3-6,9-12H2,1-2H3. The highest BCUT2D eigenvalue weighted by Crippen LogP contribution is 2.32. The first-order chi connectivity index (χ1) is 13.0. The molecular formula is C21H26ClN3OS. The summed E-state index contributed by atoms with van der Waals surface area (Å²) in [6, 6.07) is 6.55. The molecule has 1 aromatic heterocycles. The number of thiazole rings is 1. The lowest BCUT2D eigenvalue weighted by atomic mass is 10.1. The van der Waals surface area contributed by atoms with Gasteiger partial charge in [0.15, 0.2) is 0 Å². The Morgan fingerprint density at radius 1 is 1.15 bits per heavy atom. The number of carbonyl (C=O) groups is 1. The van der Waals surface area contributed by atoms with E-state index in [0.717, 1.165) is 63.9 Å². The number of halogens is 1. The largest absolute Gasteiger partial charge is 0.335 e. The summed E-state index contributed by atoms with van der Waals surface area (Å²) in [4.78, 5) is 23.1. The molecule has 27 heavy (non-hydrogen) atoms. The lowest BCUT2D eigenvalue weighted by Crippen LogP contribution is -2.51. The zero-order valence-electron chi connectivity index (χ0n) is 16.0. The first-order valence-electron chi connectivity index (χ1n) is 9.80. The Hall–Kier alpha value is -1.43. The van der Waals surface area contributed by atoms with Crippen LogP contribution in [-0.4, -0.2) is 52.9 Å². The van der Waals surface area contributed by atoms with Crippen molar-refractivity contribution in [2.75, 3.05) is 26.2 Å². The van der Waals surface area contributed by atoms with Crippen molar-refractivity contribution in [3.63, 3.8) is 0 Å². The number of aryl methyl sites for hydroxylation is 2. The van der Waals surface area contributed by atoms with E-state index in [4.69, 9.17) is 11.6 Å². The first kappa shape index (κ1) is 18.9. The molecule has 0 bridgehead atoms. The molecule has 0 radical (unpaired) electrons. The second-order valence-corrected chi connectivity index (χ2v) is 9.09. The molecule has 1 amide bonds. The summed E-state index contributed by atoms with van der Waals surface area (Å²) in [6.07, 6.45) is 5.37. The fourth-order valence-corrected chi connectivity index (χ4v) is 5.63. The zero-order valence-corrected chi connectivity index (χ0v) is 17.6. The van der Waals surface area contributed by atoms with Gasteiger partial charge >= 0.3 is 0 Å². The molecule has 2 heterocycles. The predicted molar refractivity (Wildman–Crippen MR) is 112 cm³/mol. The van der Waals surface area contributed by atoms with E-state index in [-0.39, 0.29) is 5.91 Å². The molecule has 2 aromatic rings. The van der Waals surface area contributed by atoms with Gasteiger partial charge in [-0.25, -0.2) is 4.98 Å². The van der Waals surface area contributed by atoms with Crippen LogP contribution in [0.25, 0.3) is 10.6 Å². The van der Waals surface area contributed by atoms with Gasteiger partial charge in [0.1, 0.15) is 9.88 Å². The molecule has 2 aliphatic rings. The van der Waals surface area contributed by atoms with Crippen LogP contribution in [0.4, 0.5) is 0 Å². The van der Waals surface area contributed by atoms with Crippen molar-refractivity contribution in [2.45, 2.75) is 45.6 Å². The van der Waals surface area contributed by atoms with Crippen LogP contribution in [0.1, 0.15) is 46.6 Å². The van der Waals surface area contributed by atoms with E-state index in [2.05, 4.69) is 9.88 Å². The minimum absolute atomic E-state index is 0.133. The molecule has 1 aliphatic carbocycles. The third kappa shape index (κ3) is 3.91. The van der Waals surface area contributed by atoms with Gasteiger partial charge in [0.25, 0.3) is 5.91 Å². The van der Waals surface area contributed by atoms with Gasteiger partial charge in [-0.1, -0.05) is 30.5 Å². The van der Waals surface area contributed by atoms with E-state index >= 15 is 0 Å². The minimum Gasteiger partial charge on any atom is -0.335 e. The third-order valence-electron chi connectivity index (χ3n) is 5.85. The molecule has 0 spiro atoms. The summed E-state index contributed by atoms with van der Waals surface area (Å²) in [5.41, 5.74) is 2.96. The Morgan fingerprint density at radius 3 is 2.52 bits per heavy atom. The average molecular weight is 404 g/mol. The van der Waals surface area contributed by atoms with E-state index < -0.39 is 0 Å². The van der Waals surface area contributed by atoms with Crippen LogP contribution in [0.15, 0.2) is 18.2 Å². The lowest BCUT2D eigenvalue weighted by molar-refractivity contribution is 0.0577. The van der Waals surface area contributed by atoms with Gasteiger partial charge in [0.05, 0.1) is 5.69 Å². The number of amides is 1. The van der Waals surface area contributed by atoms with Crippen molar-refractivity contribution < 1.29 is 4.79 Å². The summed E-state index contributed by atoms with van der Waals surface area (Å²) < 4.78 is 0. The van der Waals surface area contributed by atoms with Gasteiger partial charge in [-0.15, -0.1) is 11.3 Å². The van der Waals surface area contributed by atoms with Crippen LogP contribution in [0.3, 0.4) is 0 Å². The maximum absolute atomic E-state index is 13.1. The highest BCUT2D eigenvalue weighted by Gasteiger charge is 2.29. The number of benzene rings is 1. The molecule has 1 aliphatic heterocycles. The van der Waals surface area contributed by atoms with Crippen molar-refractivity contribution in [1.82, 2.24) is 14.8 Å². The number of hydrogen-bond donors (Lipinski definition) is 0. The second-order valence-electron chi connectivity index (χ2n) is 7.66. The van der Waals surface area contributed by atoms with E-state index in [9.17, 15) is 4.79 Å². The smallest absolute Gasteiger partial charge is 0.265 e. The van der Waals surface area contributed by atoms with Crippen LogP contribution in [0, 0.1) is 13.8 Å². The van der Waals surface area contributed by atoms with E-state index in [0.29, 0.717) is 0 Å². The minimum atomic E-state index is 0.133. The molecule has 0 unspecified atom stereocenters. The number of hydrogen-bond acceptors (Lipinski definition) is 4. The molecule has 1 saturated carbocycles. The number of piperazine rings is 1. The van der Waals surface area contributed by atoms with Crippen LogP contribution < -0.4 is 0 Å². The van der Waals surface area contributed by atoms with Crippen LogP contribution in [0.2, 0.25) is 5.02 Å². The van der Waals surface area contributed by atoms with Gasteiger partial charge < -0.3 is 4.90 Å². The number of rotatable bonds is 3. The van der Waals surface area contributed by atoms with Crippen molar-refractivity contribution >= 4 is 28.8 Å². The molecule has 144 valence electrons. The number of aromatic nitrogens is 1. The summed E-state index contributed by atoms with van der Waals surface area (Å²) in [7, 11) is 0. The van der Waals surface area contributed by atoms with E-state index in [1.165, 1.54) is 37.0 Å². The molecule has 1 aromatic carbocycles. The van der Waals surface area contributed by atoms with Gasteiger partial charge in [0.2, 0.25) is 0 Å². The van der Waals surface area contributed by atoms with Gasteiger partial charge in [-0.2, -0.15) is 0 Å². The lowest BCUT2D eigenvalue weighted by Gasteiger charge is -2.37. The molecule has 1 saturated heterocycles. The summed E-state index contributed by atoms with van der Waals surface area (Å²) in [6.45, 7) is 7.60. The summed E-state index contributed by atoms with van der Waals surface area (Å²) in [5, 5.41) is 1.62. The predicted octanol–water partition coefficient (Wildman–Crippen LogP) is 4.78. The Labute approximate surface area is 170 Å². The Morgan fingerprint density at radius 2 is 1.85 bits per heavy atom. The van der Waals surface area contributed by atoms with Crippen LogP contribution >= 0.6 is 22.9 Å². The topological polar surface area (TPSA) is 36.4 Å². The molecule has 4 rings (SSSR count). The Kier molecular flexibility index (Phi) is 5.53. The van der Waals surface area contributed by atoms with Gasteiger partial charge in [-0.05, 0) is 44.4 Å². The van der Waals surface area contributed by atoms with Crippen molar-refractivity contribution in [2.24, 2.45) is 0 Å². The summed E-state index contributed by atoms with van der Waals surface area (Å²) >= 11 is 7.57. The molecule has 2 fully saturated rings. The molecule has 4 nitrogen and oxygen atoms in total. The summed E-state index contributed by atoms with van der Waals surface area (Å²) in [5.74, 6) is 0.133. The van der Waals surface area contributed by atoms with Crippen molar-refractivity contribution in [3.05, 3.63) is 39.4 Å². The van der Waals surface area contributed by atoms with Crippen molar-refractivity contribution in [1.29, 1.82) is 0 Å². The normalized spacial score (nSPS) is 19.0. The van der Waals surface area contributed by atoms with Crippen molar-refractivity contribution in [3.8, 4) is 10.6 Å². The highest BCUT2D eigenvalue weighted by atomic mass is 35.5. The molecule has 0 N–H and O–H groups in total. The monoisotopic (exact) mass is 403 g/mol. The maximum Gasteiger partial charge on any atom is 0.265 e. The zero-order chi connectivity index (χ0) is 19.0. The first-order valence-corrected chi connectivity index (χ1v) is 11.0. The van der Waals surface area contributed by atoms with Crippen LogP contribution in [0.5, 0.6) is 0 Å². The SMILES string of the molecule is Cc1cc(Cl)ccc1-c1nc(C)c(C(=O)N2CCN(C3CCCC3)CC2)s1. The quantitative estimate of drug-likeness (QED) is 0.739. The highest BCUT2D eigenvalue weighted by molar-refractivity contribution is 7.17. The van der Waals surface area contributed by atoms with Gasteiger partial charge in [0, 0.05) is 42.8 Å². The molecule has 0 atom stereocenters.